The van der Waals surface area contributed by atoms with Crippen LogP contribution < -0.4 is 18.9 Å². The summed E-state index contributed by atoms with van der Waals surface area (Å²) < 4.78 is 27.1. The first-order chi connectivity index (χ1) is 14.0. The molecule has 3 heterocycles. The molecule has 0 saturated heterocycles. The number of benzene rings is 2. The molecule has 2 aromatic rings. The van der Waals surface area contributed by atoms with Crippen molar-refractivity contribution in [1.29, 1.82) is 0 Å². The molecule has 150 valence electrons. The molecule has 0 saturated carbocycles. The first-order valence-corrected chi connectivity index (χ1v) is 9.28. The topological polar surface area (TPSA) is 83.5 Å². The molecule has 2 aromatic carbocycles. The highest BCUT2D eigenvalue weighted by molar-refractivity contribution is 6.09. The van der Waals surface area contributed by atoms with Crippen molar-refractivity contribution in [3.8, 4) is 23.0 Å². The van der Waals surface area contributed by atoms with Crippen molar-refractivity contribution in [2.75, 3.05) is 34.2 Å². The predicted molar refractivity (Wildman–Crippen MR) is 99.9 cm³/mol. The van der Waals surface area contributed by atoms with Crippen LogP contribution in [0, 0.1) is 0 Å². The molecule has 8 heteroatoms. The highest BCUT2D eigenvalue weighted by Gasteiger charge is 2.42. The van der Waals surface area contributed by atoms with E-state index in [1.54, 1.807) is 18.2 Å². The summed E-state index contributed by atoms with van der Waals surface area (Å²) in [5, 5.41) is 0. The predicted octanol–water partition coefficient (Wildman–Crippen LogP) is 2.34. The highest BCUT2D eigenvalue weighted by Crippen LogP contribution is 2.46. The molecule has 0 spiro atoms. The Bertz CT molecular complexity index is 1030. The average molecular weight is 397 g/mol. The van der Waals surface area contributed by atoms with E-state index < -0.39 is 12.1 Å². The zero-order valence-electron chi connectivity index (χ0n) is 16.0. The second kappa shape index (κ2) is 6.66. The van der Waals surface area contributed by atoms with E-state index in [9.17, 15) is 9.59 Å². The number of esters is 1. The summed E-state index contributed by atoms with van der Waals surface area (Å²) in [4.78, 5) is 28.0. The molecule has 0 N–H and O–H groups in total. The Hall–Kier alpha value is -3.26. The van der Waals surface area contributed by atoms with Crippen molar-refractivity contribution >= 4 is 11.8 Å². The summed E-state index contributed by atoms with van der Waals surface area (Å²) in [5.74, 6) is 1.05. The van der Waals surface area contributed by atoms with Crippen LogP contribution >= 0.6 is 0 Å². The third-order valence-electron chi connectivity index (χ3n) is 5.21. The SMILES string of the molecule is CN(C)CCc1cc2c(cc1C(=O)[C@@H]1OC(=O)c3c1ccc1c3OCO1)OCO2. The van der Waals surface area contributed by atoms with Gasteiger partial charge in [-0.25, -0.2) is 4.79 Å². The summed E-state index contributed by atoms with van der Waals surface area (Å²) in [6.07, 6.45) is -0.398. The molecular formula is C21H19NO7. The van der Waals surface area contributed by atoms with E-state index in [4.69, 9.17) is 23.7 Å². The van der Waals surface area contributed by atoms with Crippen molar-refractivity contribution < 1.29 is 33.3 Å². The molecule has 1 atom stereocenters. The van der Waals surface area contributed by atoms with E-state index in [-0.39, 0.29) is 24.9 Å². The van der Waals surface area contributed by atoms with Crippen LogP contribution in [0.3, 0.4) is 0 Å². The van der Waals surface area contributed by atoms with E-state index in [2.05, 4.69) is 0 Å². The molecule has 0 bridgehead atoms. The van der Waals surface area contributed by atoms with Crippen LogP contribution in [0.2, 0.25) is 0 Å². The summed E-state index contributed by atoms with van der Waals surface area (Å²) in [6, 6.07) is 6.88. The lowest BCUT2D eigenvalue weighted by atomic mass is 9.93. The van der Waals surface area contributed by atoms with Crippen molar-refractivity contribution in [3.63, 3.8) is 0 Å². The minimum Gasteiger partial charge on any atom is -0.454 e. The Morgan fingerprint density at radius 3 is 2.55 bits per heavy atom. The van der Waals surface area contributed by atoms with Crippen LogP contribution in [0.4, 0.5) is 0 Å². The maximum Gasteiger partial charge on any atom is 0.343 e. The normalized spacial score (nSPS) is 18.2. The minimum atomic E-state index is -1.04. The number of ether oxygens (including phenoxy) is 5. The Labute approximate surface area is 166 Å². The lowest BCUT2D eigenvalue weighted by Gasteiger charge is -2.16. The molecule has 3 aliphatic rings. The smallest absolute Gasteiger partial charge is 0.343 e. The van der Waals surface area contributed by atoms with Crippen LogP contribution in [0.15, 0.2) is 24.3 Å². The van der Waals surface area contributed by atoms with Gasteiger partial charge in [0.15, 0.2) is 29.1 Å². The van der Waals surface area contributed by atoms with E-state index in [0.717, 1.165) is 12.1 Å². The average Bonchev–Trinajstić information content (AvgIpc) is 3.42. The van der Waals surface area contributed by atoms with Crippen LogP contribution in [0.5, 0.6) is 23.0 Å². The van der Waals surface area contributed by atoms with E-state index in [0.29, 0.717) is 40.5 Å². The Morgan fingerprint density at radius 2 is 1.76 bits per heavy atom. The number of fused-ring (bicyclic) bond motifs is 4. The number of nitrogens with zero attached hydrogens (tertiary/aromatic N) is 1. The van der Waals surface area contributed by atoms with Crippen molar-refractivity contribution in [3.05, 3.63) is 46.5 Å². The van der Waals surface area contributed by atoms with E-state index in [1.165, 1.54) is 0 Å². The molecule has 0 fully saturated rings. The van der Waals surface area contributed by atoms with Gasteiger partial charge in [-0.15, -0.1) is 0 Å². The maximum absolute atomic E-state index is 13.5. The molecule has 0 radical (unpaired) electrons. The molecule has 0 amide bonds. The van der Waals surface area contributed by atoms with Gasteiger partial charge in [-0.2, -0.15) is 0 Å². The highest BCUT2D eigenvalue weighted by atomic mass is 16.7. The summed E-state index contributed by atoms with van der Waals surface area (Å²) in [7, 11) is 3.93. The monoisotopic (exact) mass is 397 g/mol. The molecular weight excluding hydrogens is 378 g/mol. The van der Waals surface area contributed by atoms with Crippen molar-refractivity contribution in [2.24, 2.45) is 0 Å². The summed E-state index contributed by atoms with van der Waals surface area (Å²) >= 11 is 0. The second-order valence-electron chi connectivity index (χ2n) is 7.33. The zero-order chi connectivity index (χ0) is 20.1. The Kier molecular flexibility index (Phi) is 4.09. The third-order valence-corrected chi connectivity index (χ3v) is 5.21. The molecule has 5 rings (SSSR count). The van der Waals surface area contributed by atoms with Gasteiger partial charge in [0.2, 0.25) is 19.4 Å². The first kappa shape index (κ1) is 17.8. The Morgan fingerprint density at radius 1 is 1.03 bits per heavy atom. The molecule has 3 aliphatic heterocycles. The number of ketones is 1. The van der Waals surface area contributed by atoms with Gasteiger partial charge in [-0.3, -0.25) is 4.79 Å². The molecule has 29 heavy (non-hydrogen) atoms. The number of carbonyl (C=O) groups excluding carboxylic acids is 2. The lowest BCUT2D eigenvalue weighted by molar-refractivity contribution is 0.0352. The number of Topliss-reactive ketones (excluding diaryl/α,β-unsaturated/α-hetero) is 1. The Balaban J connectivity index is 1.54. The van der Waals surface area contributed by atoms with Gasteiger partial charge in [-0.05, 0) is 44.3 Å². The molecule has 0 unspecified atom stereocenters. The van der Waals surface area contributed by atoms with Gasteiger partial charge in [0.1, 0.15) is 5.56 Å². The fraction of sp³-hybridized carbons (Fsp3) is 0.333. The van der Waals surface area contributed by atoms with Crippen molar-refractivity contribution in [1.82, 2.24) is 4.90 Å². The maximum atomic E-state index is 13.5. The fourth-order valence-electron chi connectivity index (χ4n) is 3.75. The van der Waals surface area contributed by atoms with Gasteiger partial charge >= 0.3 is 5.97 Å². The lowest BCUT2D eigenvalue weighted by Crippen LogP contribution is -2.19. The number of carbonyl (C=O) groups is 2. The van der Waals surface area contributed by atoms with E-state index in [1.807, 2.05) is 25.1 Å². The van der Waals surface area contributed by atoms with Crippen LogP contribution in [-0.2, 0) is 11.2 Å². The van der Waals surface area contributed by atoms with Crippen LogP contribution in [0.1, 0.15) is 37.9 Å². The molecule has 0 aliphatic carbocycles. The largest absolute Gasteiger partial charge is 0.454 e. The number of cyclic esters (lactones) is 1. The quantitative estimate of drug-likeness (QED) is 0.562. The molecule has 0 aromatic heterocycles. The van der Waals surface area contributed by atoms with Gasteiger partial charge in [0.05, 0.1) is 0 Å². The number of hydrogen-bond donors (Lipinski definition) is 0. The van der Waals surface area contributed by atoms with Gasteiger partial charge in [0, 0.05) is 17.7 Å². The zero-order valence-corrected chi connectivity index (χ0v) is 16.0. The van der Waals surface area contributed by atoms with E-state index >= 15 is 0 Å². The number of rotatable bonds is 5. The van der Waals surface area contributed by atoms with Gasteiger partial charge < -0.3 is 28.6 Å². The first-order valence-electron chi connectivity index (χ1n) is 9.28. The van der Waals surface area contributed by atoms with Crippen LogP contribution in [-0.4, -0.2) is 50.9 Å². The van der Waals surface area contributed by atoms with Crippen molar-refractivity contribution in [2.45, 2.75) is 12.5 Å². The van der Waals surface area contributed by atoms with Crippen LogP contribution in [0.25, 0.3) is 0 Å². The molecule has 8 nitrogen and oxygen atoms in total. The fourth-order valence-corrected chi connectivity index (χ4v) is 3.75. The summed E-state index contributed by atoms with van der Waals surface area (Å²) in [5.41, 5.74) is 2.02. The summed E-state index contributed by atoms with van der Waals surface area (Å²) in [6.45, 7) is 0.902. The number of likely N-dealkylation sites (N-methyl/N-ethyl adjacent to an activating group) is 1. The van der Waals surface area contributed by atoms with Gasteiger partial charge in [0.25, 0.3) is 0 Å². The third kappa shape index (κ3) is 2.87. The number of hydrogen-bond acceptors (Lipinski definition) is 8. The standard InChI is InChI=1S/C21H19NO7/c1-22(2)6-5-11-7-15-16(27-9-26-15)8-13(11)18(23)19-12-3-4-14-20(28-10-25-14)17(12)21(24)29-19/h3-4,7-8,19H,5-6,9-10H2,1-2H3/t19-/m1/s1. The minimum absolute atomic E-state index is 0.0362. The second-order valence-corrected chi connectivity index (χ2v) is 7.33. The van der Waals surface area contributed by atoms with Gasteiger partial charge in [-0.1, -0.05) is 6.07 Å².